The zero-order valence-corrected chi connectivity index (χ0v) is 8.82. The van der Waals surface area contributed by atoms with Crippen LogP contribution < -0.4 is 0 Å². The van der Waals surface area contributed by atoms with Crippen molar-refractivity contribution >= 4 is 10.2 Å². The van der Waals surface area contributed by atoms with Gasteiger partial charge in [0.25, 0.3) is 0 Å². The molecule has 1 rings (SSSR count). The van der Waals surface area contributed by atoms with Crippen molar-refractivity contribution in [1.82, 2.24) is 0 Å². The molecule has 1 unspecified atom stereocenters. The van der Waals surface area contributed by atoms with Gasteiger partial charge in [0, 0.05) is 0 Å². The van der Waals surface area contributed by atoms with Crippen LogP contribution in [0.2, 0.25) is 0 Å². The predicted octanol–water partition coefficient (Wildman–Crippen LogP) is 2.64. The summed E-state index contributed by atoms with van der Waals surface area (Å²) in [5.41, 5.74) is 0. The third kappa shape index (κ3) is 3.63. The van der Waals surface area contributed by atoms with Crippen molar-refractivity contribution in [1.29, 1.82) is 0 Å². The third-order valence-corrected chi connectivity index (χ3v) is 4.02. The van der Waals surface area contributed by atoms with Crippen molar-refractivity contribution in [3.05, 3.63) is 0 Å². The Balaban J connectivity index is 2.39. The maximum Gasteiger partial charge on any atom is 0.305 e. The molecular weight excluding hydrogens is 191 g/mol. The largest absolute Gasteiger partial charge is 0.305 e. The molecule has 0 aromatic carbocycles. The van der Waals surface area contributed by atoms with Crippen LogP contribution in [0.25, 0.3) is 0 Å². The highest BCUT2D eigenvalue weighted by Gasteiger charge is 2.24. The molecule has 13 heavy (non-hydrogen) atoms. The van der Waals surface area contributed by atoms with Gasteiger partial charge in [-0.05, 0) is 19.3 Å². The molecule has 0 N–H and O–H groups in total. The van der Waals surface area contributed by atoms with Crippen LogP contribution in [0.15, 0.2) is 0 Å². The van der Waals surface area contributed by atoms with Gasteiger partial charge in [0.15, 0.2) is 0 Å². The molecule has 1 aliphatic carbocycles. The topological polar surface area (TPSA) is 34.1 Å². The number of hydrogen-bond acceptors (Lipinski definition) is 2. The molecule has 0 heterocycles. The molecule has 0 saturated heterocycles. The molecule has 0 bridgehead atoms. The van der Waals surface area contributed by atoms with E-state index in [2.05, 4.69) is 0 Å². The Morgan fingerprint density at radius 3 is 2.31 bits per heavy atom. The van der Waals surface area contributed by atoms with Gasteiger partial charge >= 0.3 is 10.2 Å². The summed E-state index contributed by atoms with van der Waals surface area (Å²) >= 11 is 0. The molecule has 1 aliphatic rings. The Hall–Kier alpha value is -0.120. The first-order valence-electron chi connectivity index (χ1n) is 4.93. The Bertz CT molecular complexity index is 242. The minimum Gasteiger partial charge on any atom is -0.195 e. The van der Waals surface area contributed by atoms with Crippen LogP contribution >= 0.6 is 0 Å². The molecule has 0 aliphatic heterocycles. The Labute approximate surface area is 79.7 Å². The van der Waals surface area contributed by atoms with E-state index >= 15 is 0 Å². The van der Waals surface area contributed by atoms with E-state index in [1.165, 1.54) is 26.2 Å². The van der Waals surface area contributed by atoms with Crippen molar-refractivity contribution in [3.8, 4) is 0 Å². The monoisotopic (exact) mass is 208 g/mol. The maximum atomic E-state index is 12.5. The van der Waals surface area contributed by atoms with Crippen LogP contribution in [0.4, 0.5) is 3.89 Å². The lowest BCUT2D eigenvalue weighted by Crippen LogP contribution is -2.19. The summed E-state index contributed by atoms with van der Waals surface area (Å²) in [6, 6.07) is 0. The average molecular weight is 208 g/mol. The first kappa shape index (κ1) is 11.0. The fourth-order valence-corrected chi connectivity index (χ4v) is 2.51. The number of hydrogen-bond donors (Lipinski definition) is 0. The lowest BCUT2D eigenvalue weighted by atomic mass is 9.86. The quantitative estimate of drug-likeness (QED) is 0.668. The third-order valence-electron chi connectivity index (χ3n) is 2.87. The molecule has 2 nitrogen and oxygen atoms in total. The summed E-state index contributed by atoms with van der Waals surface area (Å²) in [5, 5.41) is -0.810. The summed E-state index contributed by atoms with van der Waals surface area (Å²) < 4.78 is 33.6. The normalized spacial score (nSPS) is 22.9. The SMILES string of the molecule is CC(CC1CCCCC1)S(=O)(=O)F. The highest BCUT2D eigenvalue weighted by molar-refractivity contribution is 7.86. The summed E-state index contributed by atoms with van der Waals surface area (Å²) in [6.07, 6.45) is 6.22. The van der Waals surface area contributed by atoms with Crippen molar-refractivity contribution in [2.75, 3.05) is 0 Å². The van der Waals surface area contributed by atoms with E-state index in [4.69, 9.17) is 0 Å². The van der Waals surface area contributed by atoms with Gasteiger partial charge in [0.05, 0.1) is 5.25 Å². The Kier molecular flexibility index (Phi) is 3.71. The van der Waals surface area contributed by atoms with Crippen LogP contribution in [0, 0.1) is 5.92 Å². The minimum atomic E-state index is -4.30. The van der Waals surface area contributed by atoms with E-state index < -0.39 is 15.5 Å². The molecule has 1 fully saturated rings. The van der Waals surface area contributed by atoms with Crippen molar-refractivity contribution in [2.24, 2.45) is 5.92 Å². The highest BCUT2D eigenvalue weighted by Crippen LogP contribution is 2.29. The summed E-state index contributed by atoms with van der Waals surface area (Å²) in [7, 11) is -4.30. The molecule has 1 saturated carbocycles. The standard InChI is InChI=1S/C9H17FO2S/c1-8(13(10,11)12)7-9-5-3-2-4-6-9/h8-9H,2-7H2,1H3. The lowest BCUT2D eigenvalue weighted by Gasteiger charge is -2.22. The van der Waals surface area contributed by atoms with Crippen LogP contribution in [-0.4, -0.2) is 13.7 Å². The van der Waals surface area contributed by atoms with Gasteiger partial charge < -0.3 is 0 Å². The second kappa shape index (κ2) is 4.40. The fourth-order valence-electron chi connectivity index (χ4n) is 2.01. The number of rotatable bonds is 3. The number of halogens is 1. The minimum absolute atomic E-state index is 0.425. The van der Waals surface area contributed by atoms with Crippen LogP contribution in [0.3, 0.4) is 0 Å². The zero-order chi connectivity index (χ0) is 9.90. The van der Waals surface area contributed by atoms with Gasteiger partial charge in [-0.2, -0.15) is 8.42 Å². The van der Waals surface area contributed by atoms with E-state index in [1.54, 1.807) is 0 Å². The molecule has 0 aromatic rings. The molecule has 4 heteroatoms. The highest BCUT2D eigenvalue weighted by atomic mass is 32.3. The van der Waals surface area contributed by atoms with Crippen molar-refractivity contribution < 1.29 is 12.3 Å². The van der Waals surface area contributed by atoms with Gasteiger partial charge in [-0.15, -0.1) is 3.89 Å². The van der Waals surface area contributed by atoms with Crippen LogP contribution in [-0.2, 0) is 10.2 Å². The molecule has 0 spiro atoms. The lowest BCUT2D eigenvalue weighted by molar-refractivity contribution is 0.334. The van der Waals surface area contributed by atoms with E-state index in [0.717, 1.165) is 12.8 Å². The van der Waals surface area contributed by atoms with Gasteiger partial charge in [-0.1, -0.05) is 32.1 Å². The molecular formula is C9H17FO2S. The smallest absolute Gasteiger partial charge is 0.195 e. The van der Waals surface area contributed by atoms with Crippen LogP contribution in [0.1, 0.15) is 45.4 Å². The molecule has 78 valence electrons. The van der Waals surface area contributed by atoms with Gasteiger partial charge in [0.2, 0.25) is 0 Å². The van der Waals surface area contributed by atoms with E-state index in [1.807, 2.05) is 0 Å². The second-order valence-corrected chi connectivity index (χ2v) is 5.78. The summed E-state index contributed by atoms with van der Waals surface area (Å²) in [6.45, 7) is 1.46. The molecule has 0 aromatic heterocycles. The van der Waals surface area contributed by atoms with Gasteiger partial charge in [-0.25, -0.2) is 0 Å². The van der Waals surface area contributed by atoms with Gasteiger partial charge in [0.1, 0.15) is 0 Å². The van der Waals surface area contributed by atoms with E-state index in [-0.39, 0.29) is 0 Å². The average Bonchev–Trinajstić information content (AvgIpc) is 2.04. The first-order chi connectivity index (χ1) is 6.00. The molecule has 1 atom stereocenters. The van der Waals surface area contributed by atoms with Gasteiger partial charge in [-0.3, -0.25) is 0 Å². The van der Waals surface area contributed by atoms with Crippen LogP contribution in [0.5, 0.6) is 0 Å². The zero-order valence-electron chi connectivity index (χ0n) is 8.00. The van der Waals surface area contributed by atoms with E-state index in [9.17, 15) is 12.3 Å². The predicted molar refractivity (Wildman–Crippen MR) is 50.7 cm³/mol. The Morgan fingerprint density at radius 2 is 1.85 bits per heavy atom. The Morgan fingerprint density at radius 1 is 1.31 bits per heavy atom. The van der Waals surface area contributed by atoms with E-state index in [0.29, 0.717) is 12.3 Å². The summed E-state index contributed by atoms with van der Waals surface area (Å²) in [5.74, 6) is 0.425. The van der Waals surface area contributed by atoms with Crippen molar-refractivity contribution in [3.63, 3.8) is 0 Å². The molecule has 0 radical (unpaired) electrons. The van der Waals surface area contributed by atoms with Crippen molar-refractivity contribution in [2.45, 2.75) is 50.7 Å². The maximum absolute atomic E-state index is 12.5. The second-order valence-electron chi connectivity index (χ2n) is 4.03. The fraction of sp³-hybridized carbons (Fsp3) is 1.00. The first-order valence-corrected chi connectivity index (χ1v) is 6.38. The summed E-state index contributed by atoms with van der Waals surface area (Å²) in [4.78, 5) is 0. The molecule has 0 amide bonds.